The highest BCUT2D eigenvalue weighted by molar-refractivity contribution is 7.99. The number of benzene rings is 2. The number of halogens is 1. The second-order valence-corrected chi connectivity index (χ2v) is 9.21. The summed E-state index contributed by atoms with van der Waals surface area (Å²) in [6.07, 6.45) is 1.70. The van der Waals surface area contributed by atoms with Gasteiger partial charge in [-0.25, -0.2) is 0 Å². The minimum atomic E-state index is 0.141. The van der Waals surface area contributed by atoms with Crippen LogP contribution in [0.1, 0.15) is 16.7 Å². The van der Waals surface area contributed by atoms with Gasteiger partial charge in [-0.05, 0) is 54.8 Å². The van der Waals surface area contributed by atoms with Crippen LogP contribution in [0.2, 0.25) is 5.02 Å². The lowest BCUT2D eigenvalue weighted by molar-refractivity contribution is -0.130. The van der Waals surface area contributed by atoms with Gasteiger partial charge in [-0.2, -0.15) is 0 Å². The molecule has 0 spiro atoms. The zero-order chi connectivity index (χ0) is 21.8. The van der Waals surface area contributed by atoms with Gasteiger partial charge < -0.3 is 4.90 Å². The van der Waals surface area contributed by atoms with Crippen molar-refractivity contribution in [2.24, 2.45) is 0 Å². The molecule has 162 valence electrons. The molecule has 0 radical (unpaired) electrons. The Morgan fingerprint density at radius 2 is 1.87 bits per heavy atom. The molecule has 0 N–H and O–H groups in total. The Morgan fingerprint density at radius 1 is 1.06 bits per heavy atom. The highest BCUT2D eigenvalue weighted by Gasteiger charge is 2.22. The minimum absolute atomic E-state index is 0.141. The van der Waals surface area contributed by atoms with E-state index in [1.165, 1.54) is 28.5 Å². The number of aryl methyl sites for hydroxylation is 2. The first-order valence-electron chi connectivity index (χ1n) is 10.3. The molecule has 3 aromatic rings. The number of piperazine rings is 1. The molecule has 1 aromatic heterocycles. The van der Waals surface area contributed by atoms with Crippen molar-refractivity contribution in [1.82, 2.24) is 24.6 Å². The Labute approximate surface area is 192 Å². The number of aromatic nitrogens is 3. The number of nitrogens with zero attached hydrogens (tertiary/aromatic N) is 5. The van der Waals surface area contributed by atoms with Gasteiger partial charge in [0.2, 0.25) is 5.91 Å². The summed E-state index contributed by atoms with van der Waals surface area (Å²) in [4.78, 5) is 17.1. The molecule has 0 bridgehead atoms. The van der Waals surface area contributed by atoms with Crippen molar-refractivity contribution in [3.8, 4) is 5.69 Å². The fourth-order valence-electron chi connectivity index (χ4n) is 3.64. The monoisotopic (exact) mass is 455 g/mol. The summed E-state index contributed by atoms with van der Waals surface area (Å²) in [7, 11) is 0. The molecule has 0 unspecified atom stereocenters. The largest absolute Gasteiger partial charge is 0.339 e. The second kappa shape index (κ2) is 9.85. The third-order valence-corrected chi connectivity index (χ3v) is 6.79. The van der Waals surface area contributed by atoms with Crippen LogP contribution in [0.25, 0.3) is 5.69 Å². The van der Waals surface area contributed by atoms with Crippen LogP contribution in [0.3, 0.4) is 0 Å². The number of carbonyl (C=O) groups is 1. The summed E-state index contributed by atoms with van der Waals surface area (Å²) in [5.74, 6) is 0.500. The van der Waals surface area contributed by atoms with E-state index in [0.717, 1.165) is 48.6 Å². The number of carbonyl (C=O) groups excluding carboxylic acids is 1. The molecule has 4 rings (SSSR count). The number of hydrogen-bond donors (Lipinski definition) is 0. The zero-order valence-corrected chi connectivity index (χ0v) is 19.4. The Balaban J connectivity index is 1.29. The fraction of sp³-hybridized carbons (Fsp3) is 0.348. The first-order chi connectivity index (χ1) is 15.0. The molecule has 2 aromatic carbocycles. The van der Waals surface area contributed by atoms with Crippen LogP contribution in [-0.4, -0.2) is 62.4 Å². The average molecular weight is 456 g/mol. The topological polar surface area (TPSA) is 54.3 Å². The van der Waals surface area contributed by atoms with Crippen LogP contribution in [0.5, 0.6) is 0 Å². The van der Waals surface area contributed by atoms with E-state index in [-0.39, 0.29) is 5.91 Å². The van der Waals surface area contributed by atoms with Crippen molar-refractivity contribution in [2.75, 3.05) is 31.9 Å². The van der Waals surface area contributed by atoms with Crippen LogP contribution in [0.15, 0.2) is 53.9 Å². The van der Waals surface area contributed by atoms with Crippen LogP contribution >= 0.6 is 23.4 Å². The van der Waals surface area contributed by atoms with E-state index in [1.54, 1.807) is 6.33 Å². The molecule has 1 aliphatic rings. The molecule has 1 saturated heterocycles. The summed E-state index contributed by atoms with van der Waals surface area (Å²) in [5.41, 5.74) is 4.68. The molecule has 1 aliphatic heterocycles. The van der Waals surface area contributed by atoms with E-state index < -0.39 is 0 Å². The van der Waals surface area contributed by atoms with Gasteiger partial charge in [0.25, 0.3) is 0 Å². The molecular formula is C23H26ClN5OS. The summed E-state index contributed by atoms with van der Waals surface area (Å²) in [6, 6.07) is 14.2. The van der Waals surface area contributed by atoms with E-state index in [2.05, 4.69) is 53.2 Å². The van der Waals surface area contributed by atoms with Gasteiger partial charge in [-0.15, -0.1) is 10.2 Å². The van der Waals surface area contributed by atoms with Gasteiger partial charge in [0.05, 0.1) is 5.75 Å². The number of rotatable bonds is 6. The second-order valence-electron chi connectivity index (χ2n) is 7.83. The molecule has 6 nitrogen and oxygen atoms in total. The van der Waals surface area contributed by atoms with Crippen LogP contribution < -0.4 is 0 Å². The van der Waals surface area contributed by atoms with Gasteiger partial charge in [0.1, 0.15) is 6.33 Å². The molecule has 2 heterocycles. The van der Waals surface area contributed by atoms with Gasteiger partial charge in [-0.1, -0.05) is 41.6 Å². The zero-order valence-electron chi connectivity index (χ0n) is 17.8. The number of thioether (sulfide) groups is 1. The summed E-state index contributed by atoms with van der Waals surface area (Å²) in [6.45, 7) is 8.24. The highest BCUT2D eigenvalue weighted by atomic mass is 35.5. The minimum Gasteiger partial charge on any atom is -0.339 e. The van der Waals surface area contributed by atoms with Crippen molar-refractivity contribution in [3.63, 3.8) is 0 Å². The quantitative estimate of drug-likeness (QED) is 0.526. The first kappa shape index (κ1) is 21.9. The van der Waals surface area contributed by atoms with Crippen LogP contribution in [0.4, 0.5) is 0 Å². The van der Waals surface area contributed by atoms with Gasteiger partial charge >= 0.3 is 0 Å². The maximum atomic E-state index is 12.8. The Hall–Kier alpha value is -2.35. The van der Waals surface area contributed by atoms with E-state index in [4.69, 9.17) is 11.6 Å². The van der Waals surface area contributed by atoms with Crippen molar-refractivity contribution in [2.45, 2.75) is 25.5 Å². The van der Waals surface area contributed by atoms with Crippen molar-refractivity contribution < 1.29 is 4.79 Å². The normalized spacial score (nSPS) is 14.7. The average Bonchev–Trinajstić information content (AvgIpc) is 3.23. The predicted octanol–water partition coefficient (Wildman–Crippen LogP) is 3.97. The third-order valence-electron chi connectivity index (χ3n) is 5.63. The molecule has 31 heavy (non-hydrogen) atoms. The highest BCUT2D eigenvalue weighted by Crippen LogP contribution is 2.22. The summed E-state index contributed by atoms with van der Waals surface area (Å²) < 4.78 is 1.94. The van der Waals surface area contributed by atoms with Gasteiger partial charge in [0.15, 0.2) is 5.16 Å². The molecule has 0 aliphatic carbocycles. The smallest absolute Gasteiger partial charge is 0.233 e. The predicted molar refractivity (Wildman–Crippen MR) is 125 cm³/mol. The Bertz CT molecular complexity index is 1060. The lowest BCUT2D eigenvalue weighted by Crippen LogP contribution is -2.48. The van der Waals surface area contributed by atoms with Crippen molar-refractivity contribution in [3.05, 3.63) is 70.5 Å². The SMILES string of the molecule is Cc1ccc(-n2cnnc2SCC(=O)N2CCN(Cc3cccc(Cl)c3)CC2)cc1C. The van der Waals surface area contributed by atoms with E-state index in [0.29, 0.717) is 5.75 Å². The van der Waals surface area contributed by atoms with E-state index in [9.17, 15) is 4.79 Å². The van der Waals surface area contributed by atoms with Crippen molar-refractivity contribution in [1.29, 1.82) is 0 Å². The maximum Gasteiger partial charge on any atom is 0.233 e. The number of hydrogen-bond acceptors (Lipinski definition) is 5. The van der Waals surface area contributed by atoms with Gasteiger partial charge in [-0.3, -0.25) is 14.3 Å². The lowest BCUT2D eigenvalue weighted by atomic mass is 10.1. The lowest BCUT2D eigenvalue weighted by Gasteiger charge is -2.34. The van der Waals surface area contributed by atoms with E-state index in [1.807, 2.05) is 27.7 Å². The molecule has 1 fully saturated rings. The van der Waals surface area contributed by atoms with Crippen LogP contribution in [0, 0.1) is 13.8 Å². The standard InChI is InChI=1S/C23H26ClN5OS/c1-17-6-7-21(12-18(17)2)29-16-25-26-23(29)31-15-22(30)28-10-8-27(9-11-28)14-19-4-3-5-20(24)13-19/h3-7,12-13,16H,8-11,14-15H2,1-2H3. The Morgan fingerprint density at radius 3 is 2.61 bits per heavy atom. The van der Waals surface area contributed by atoms with Crippen LogP contribution in [-0.2, 0) is 11.3 Å². The third kappa shape index (κ3) is 5.47. The Kier molecular flexibility index (Phi) is 6.95. The molecule has 1 amide bonds. The summed E-state index contributed by atoms with van der Waals surface area (Å²) >= 11 is 7.52. The maximum absolute atomic E-state index is 12.8. The molecule has 0 atom stereocenters. The van der Waals surface area contributed by atoms with Crippen molar-refractivity contribution >= 4 is 29.3 Å². The summed E-state index contributed by atoms with van der Waals surface area (Å²) in [5, 5.41) is 9.76. The number of amides is 1. The molecular weight excluding hydrogens is 430 g/mol. The molecule has 0 saturated carbocycles. The fourth-order valence-corrected chi connectivity index (χ4v) is 4.69. The first-order valence-corrected chi connectivity index (χ1v) is 11.7. The molecule has 8 heteroatoms. The van der Waals surface area contributed by atoms with E-state index >= 15 is 0 Å². The van der Waals surface area contributed by atoms with Gasteiger partial charge in [0, 0.05) is 43.4 Å².